The Hall–Kier alpha value is -5.31. The number of halogens is 1. The molecule has 3 N–H and O–H groups in total. The van der Waals surface area contributed by atoms with Gasteiger partial charge in [0.05, 0.1) is 5.25 Å². The summed E-state index contributed by atoms with van der Waals surface area (Å²) >= 11 is 7.74. The number of benzene rings is 5. The SMILES string of the molecule is CCn1c2ccccc2c2cc(NC(=O)C(C)Sc3cccc(NC(=O)/C(=C\c4ccccc4Cl)NC(=O)c4ccccc4)c3)ccc21. The normalized spacial score (nSPS) is 12.1. The largest absolute Gasteiger partial charge is 0.341 e. The van der Waals surface area contributed by atoms with E-state index < -0.39 is 17.1 Å². The van der Waals surface area contributed by atoms with Crippen LogP contribution in [0.1, 0.15) is 29.8 Å². The molecular formula is C39H33ClN4O3S. The predicted octanol–water partition coefficient (Wildman–Crippen LogP) is 9.00. The van der Waals surface area contributed by atoms with Crippen molar-refractivity contribution < 1.29 is 14.4 Å². The van der Waals surface area contributed by atoms with Crippen molar-refractivity contribution >= 4 is 80.3 Å². The Morgan fingerprint density at radius 1 is 0.771 bits per heavy atom. The third-order valence-electron chi connectivity index (χ3n) is 7.86. The van der Waals surface area contributed by atoms with Gasteiger partial charge < -0.3 is 20.5 Å². The van der Waals surface area contributed by atoms with E-state index in [1.165, 1.54) is 17.3 Å². The van der Waals surface area contributed by atoms with E-state index in [9.17, 15) is 14.4 Å². The van der Waals surface area contributed by atoms with Crippen LogP contribution in [0.4, 0.5) is 11.4 Å². The number of thioether (sulfide) groups is 1. The summed E-state index contributed by atoms with van der Waals surface area (Å²) in [5.41, 5.74) is 4.55. The maximum atomic E-state index is 13.5. The number of anilines is 2. The molecule has 1 heterocycles. The highest BCUT2D eigenvalue weighted by molar-refractivity contribution is 8.00. The van der Waals surface area contributed by atoms with Gasteiger partial charge in [0.25, 0.3) is 11.8 Å². The van der Waals surface area contributed by atoms with Gasteiger partial charge in [-0.25, -0.2) is 0 Å². The van der Waals surface area contributed by atoms with Crippen LogP contribution in [0.5, 0.6) is 0 Å². The standard InChI is InChI=1S/C39H33ClN4O3S/c1-3-44-35-19-10-8-17-31(35)32-24-29(20-21-36(32)44)41-37(45)25(2)48-30-16-11-15-28(23-30)42-39(47)34(22-27-14-7-9-18-33(27)40)43-38(46)26-12-5-4-6-13-26/h4-25H,3H2,1-2H3,(H,41,45)(H,42,47)(H,43,46)/b34-22+. The van der Waals surface area contributed by atoms with Gasteiger partial charge in [-0.05, 0) is 86.2 Å². The van der Waals surface area contributed by atoms with Crippen molar-refractivity contribution in [1.82, 2.24) is 9.88 Å². The molecule has 6 rings (SSSR count). The number of nitrogens with zero attached hydrogens (tertiary/aromatic N) is 1. The summed E-state index contributed by atoms with van der Waals surface area (Å²) in [5.74, 6) is -1.09. The van der Waals surface area contributed by atoms with Gasteiger partial charge in [-0.2, -0.15) is 0 Å². The van der Waals surface area contributed by atoms with E-state index in [0.29, 0.717) is 21.8 Å². The lowest BCUT2D eigenvalue weighted by atomic mass is 10.1. The summed E-state index contributed by atoms with van der Waals surface area (Å²) in [6.07, 6.45) is 1.54. The van der Waals surface area contributed by atoms with Gasteiger partial charge in [0.1, 0.15) is 5.70 Å². The van der Waals surface area contributed by atoms with Crippen LogP contribution >= 0.6 is 23.4 Å². The molecule has 0 bridgehead atoms. The first kappa shape index (κ1) is 32.6. The molecular weight excluding hydrogens is 640 g/mol. The number of hydrogen-bond acceptors (Lipinski definition) is 4. The highest BCUT2D eigenvalue weighted by Crippen LogP contribution is 2.32. The van der Waals surface area contributed by atoms with Gasteiger partial charge >= 0.3 is 0 Å². The van der Waals surface area contributed by atoms with Crippen molar-refractivity contribution in [3.8, 4) is 0 Å². The summed E-state index contributed by atoms with van der Waals surface area (Å²) < 4.78 is 2.27. The second kappa shape index (κ2) is 14.6. The minimum absolute atomic E-state index is 0.0294. The molecule has 1 aromatic heterocycles. The zero-order valence-electron chi connectivity index (χ0n) is 26.4. The number of para-hydroxylation sites is 1. The van der Waals surface area contributed by atoms with Crippen molar-refractivity contribution in [2.24, 2.45) is 0 Å². The number of aromatic nitrogens is 1. The molecule has 0 fully saturated rings. The molecule has 7 nitrogen and oxygen atoms in total. The fourth-order valence-electron chi connectivity index (χ4n) is 5.51. The summed E-state index contributed by atoms with van der Waals surface area (Å²) in [6, 6.07) is 37.2. The molecule has 0 radical (unpaired) electrons. The fourth-order valence-corrected chi connectivity index (χ4v) is 6.63. The molecule has 0 saturated heterocycles. The van der Waals surface area contributed by atoms with Crippen molar-refractivity contribution in [3.05, 3.63) is 143 Å². The summed E-state index contributed by atoms with van der Waals surface area (Å²) in [7, 11) is 0. The topological polar surface area (TPSA) is 92.2 Å². The Morgan fingerprint density at radius 2 is 1.48 bits per heavy atom. The van der Waals surface area contributed by atoms with E-state index in [0.717, 1.165) is 33.4 Å². The number of rotatable bonds is 10. The number of carbonyl (C=O) groups is 3. The first-order chi connectivity index (χ1) is 23.3. The number of hydrogen-bond donors (Lipinski definition) is 3. The molecule has 0 saturated carbocycles. The van der Waals surface area contributed by atoms with Crippen LogP contribution in [0.3, 0.4) is 0 Å². The van der Waals surface area contributed by atoms with Crippen molar-refractivity contribution in [1.29, 1.82) is 0 Å². The highest BCUT2D eigenvalue weighted by Gasteiger charge is 2.19. The zero-order chi connectivity index (χ0) is 33.6. The van der Waals surface area contributed by atoms with Crippen LogP contribution in [-0.4, -0.2) is 27.5 Å². The molecule has 1 unspecified atom stereocenters. The Bertz CT molecular complexity index is 2180. The molecule has 0 aliphatic carbocycles. The highest BCUT2D eigenvalue weighted by atomic mass is 35.5. The number of nitrogens with one attached hydrogen (secondary N) is 3. The number of aryl methyl sites for hydroxylation is 1. The van der Waals surface area contributed by atoms with Gasteiger partial charge in [0.15, 0.2) is 0 Å². The molecule has 48 heavy (non-hydrogen) atoms. The zero-order valence-corrected chi connectivity index (χ0v) is 27.9. The molecule has 6 aromatic rings. The minimum atomic E-state index is -0.521. The fraction of sp³-hybridized carbons (Fsp3) is 0.103. The monoisotopic (exact) mass is 672 g/mol. The van der Waals surface area contributed by atoms with Gasteiger partial charge in [-0.3, -0.25) is 14.4 Å². The van der Waals surface area contributed by atoms with Gasteiger partial charge in [-0.1, -0.05) is 72.3 Å². The second-order valence-electron chi connectivity index (χ2n) is 11.1. The molecule has 9 heteroatoms. The van der Waals surface area contributed by atoms with Crippen LogP contribution < -0.4 is 16.0 Å². The third kappa shape index (κ3) is 7.30. The average molecular weight is 673 g/mol. The molecule has 3 amide bonds. The lowest BCUT2D eigenvalue weighted by Gasteiger charge is -2.14. The van der Waals surface area contributed by atoms with Crippen LogP contribution in [0.15, 0.2) is 132 Å². The molecule has 0 aliphatic heterocycles. The smallest absolute Gasteiger partial charge is 0.272 e. The lowest BCUT2D eigenvalue weighted by molar-refractivity contribution is -0.115. The van der Waals surface area contributed by atoms with Crippen LogP contribution in [0.2, 0.25) is 5.02 Å². The van der Waals surface area contributed by atoms with Gasteiger partial charge in [-0.15, -0.1) is 11.8 Å². The minimum Gasteiger partial charge on any atom is -0.341 e. The third-order valence-corrected chi connectivity index (χ3v) is 9.30. The Kier molecular flexibility index (Phi) is 9.94. The van der Waals surface area contributed by atoms with Gasteiger partial charge in [0.2, 0.25) is 5.91 Å². The van der Waals surface area contributed by atoms with Crippen LogP contribution in [-0.2, 0) is 16.1 Å². The second-order valence-corrected chi connectivity index (χ2v) is 12.9. The van der Waals surface area contributed by atoms with Crippen molar-refractivity contribution in [2.75, 3.05) is 10.6 Å². The maximum Gasteiger partial charge on any atom is 0.272 e. The Balaban J connectivity index is 1.16. The lowest BCUT2D eigenvalue weighted by Crippen LogP contribution is -2.30. The maximum absolute atomic E-state index is 13.5. The van der Waals surface area contributed by atoms with E-state index in [4.69, 9.17) is 11.6 Å². The summed E-state index contributed by atoms with van der Waals surface area (Å²) in [4.78, 5) is 40.6. The predicted molar refractivity (Wildman–Crippen MR) is 197 cm³/mol. The Labute approximate surface area is 288 Å². The quantitative estimate of drug-likeness (QED) is 0.100. The van der Waals surface area contributed by atoms with E-state index in [1.807, 2.05) is 43.3 Å². The molecule has 5 aromatic carbocycles. The van der Waals surface area contributed by atoms with Crippen molar-refractivity contribution in [2.45, 2.75) is 30.5 Å². The van der Waals surface area contributed by atoms with E-state index >= 15 is 0 Å². The molecule has 240 valence electrons. The number of fused-ring (bicyclic) bond motifs is 3. The van der Waals surface area contributed by atoms with E-state index in [-0.39, 0.29) is 11.6 Å². The van der Waals surface area contributed by atoms with E-state index in [1.54, 1.807) is 72.8 Å². The van der Waals surface area contributed by atoms with Gasteiger partial charge in [0, 0.05) is 55.2 Å². The van der Waals surface area contributed by atoms with Crippen LogP contribution in [0.25, 0.3) is 27.9 Å². The molecule has 0 spiro atoms. The average Bonchev–Trinajstić information content (AvgIpc) is 3.42. The van der Waals surface area contributed by atoms with E-state index in [2.05, 4.69) is 45.6 Å². The van der Waals surface area contributed by atoms with Crippen LogP contribution in [0, 0.1) is 0 Å². The number of carbonyl (C=O) groups excluding carboxylic acids is 3. The Morgan fingerprint density at radius 3 is 2.27 bits per heavy atom. The first-order valence-electron chi connectivity index (χ1n) is 15.5. The molecule has 0 aliphatic rings. The molecule has 1 atom stereocenters. The summed E-state index contributed by atoms with van der Waals surface area (Å²) in [5, 5.41) is 10.9. The summed E-state index contributed by atoms with van der Waals surface area (Å²) in [6.45, 7) is 4.82. The van der Waals surface area contributed by atoms with Crippen molar-refractivity contribution in [3.63, 3.8) is 0 Å². The first-order valence-corrected chi connectivity index (χ1v) is 16.8. The number of amides is 3.